The first-order chi connectivity index (χ1) is 26.2. The van der Waals surface area contributed by atoms with Crippen LogP contribution in [0.3, 0.4) is 0 Å². The lowest BCUT2D eigenvalue weighted by Gasteiger charge is -2.33. The number of aliphatic carboxylic acids is 2. The topological polar surface area (TPSA) is 257 Å². The van der Waals surface area contributed by atoms with Crippen molar-refractivity contribution < 1.29 is 76.8 Å². The fraction of sp³-hybridized carbons (Fsp3) is 0.765. The van der Waals surface area contributed by atoms with Gasteiger partial charge in [-0.3, -0.25) is 19.2 Å². The van der Waals surface area contributed by atoms with E-state index in [-0.39, 0.29) is 144 Å². The Hall–Kier alpha value is -4.48. The van der Waals surface area contributed by atoms with Gasteiger partial charge in [-0.25, -0.2) is 13.1 Å². The highest BCUT2D eigenvalue weighted by atomic mass is 16.6. The number of carboxylic acids is 2. The minimum atomic E-state index is -1.02. The van der Waals surface area contributed by atoms with E-state index in [1.807, 2.05) is 12.1 Å². The Kier molecular flexibility index (Phi) is 36.6. The first kappa shape index (κ1) is 51.6. The van der Waals surface area contributed by atoms with Crippen LogP contribution < -0.4 is 0 Å². The van der Waals surface area contributed by atoms with Crippen LogP contribution in [0.25, 0.3) is 9.69 Å². The van der Waals surface area contributed by atoms with Crippen LogP contribution in [0.4, 0.5) is 0 Å². The molecule has 0 saturated heterocycles. The molecule has 0 aromatic carbocycles. The van der Waals surface area contributed by atoms with Crippen LogP contribution in [0.5, 0.6) is 0 Å². The minimum Gasteiger partial charge on any atom is -0.481 e. The molecule has 0 rings (SSSR count). The number of carbonyl (C=O) groups is 4. The van der Waals surface area contributed by atoms with Crippen molar-refractivity contribution >= 4 is 24.9 Å². The molecule has 304 valence electrons. The van der Waals surface area contributed by atoms with E-state index in [4.69, 9.17) is 71.8 Å². The summed E-state index contributed by atoms with van der Waals surface area (Å²) in [5, 5.41) is 34.7. The van der Waals surface area contributed by atoms with Gasteiger partial charge in [0.25, 0.3) is 12.9 Å². The molecular formula is C34H52N4O16. The SMILES string of the molecule is O=COCCOCC(COCCOC=O)(COCCC(=O)O)COCCC(=O)O.[C-]#[N+]CCOCC(COCCC#N)(COCCC#N)COCC[N+]#[C-]. The van der Waals surface area contributed by atoms with Crippen molar-refractivity contribution in [3.05, 3.63) is 22.8 Å². The van der Waals surface area contributed by atoms with Crippen LogP contribution in [0.2, 0.25) is 0 Å². The van der Waals surface area contributed by atoms with Gasteiger partial charge < -0.3 is 67.3 Å². The number of rotatable bonds is 38. The smallest absolute Gasteiger partial charge is 0.305 e. The molecule has 0 amide bonds. The summed E-state index contributed by atoms with van der Waals surface area (Å²) in [4.78, 5) is 48.1. The third-order valence-electron chi connectivity index (χ3n) is 6.42. The number of ether oxygens (including phenoxy) is 10. The lowest BCUT2D eigenvalue weighted by atomic mass is 9.92. The van der Waals surface area contributed by atoms with Gasteiger partial charge in [-0.15, -0.1) is 0 Å². The third kappa shape index (κ3) is 33.4. The van der Waals surface area contributed by atoms with E-state index in [1.54, 1.807) is 0 Å². The molecule has 54 heavy (non-hydrogen) atoms. The summed E-state index contributed by atoms with van der Waals surface area (Å²) in [5.74, 6) is -2.03. The van der Waals surface area contributed by atoms with E-state index in [9.17, 15) is 19.2 Å². The summed E-state index contributed by atoms with van der Waals surface area (Å²) >= 11 is 0. The van der Waals surface area contributed by atoms with Gasteiger partial charge in [0.1, 0.15) is 26.4 Å². The molecule has 0 saturated carbocycles. The Morgan fingerprint density at radius 2 is 0.815 bits per heavy atom. The molecule has 2 N–H and O–H groups in total. The van der Waals surface area contributed by atoms with Gasteiger partial charge in [0.05, 0.1) is 141 Å². The zero-order valence-corrected chi connectivity index (χ0v) is 30.5. The zero-order chi connectivity index (χ0) is 40.4. The molecule has 0 unspecified atom stereocenters. The van der Waals surface area contributed by atoms with Crippen molar-refractivity contribution in [1.82, 2.24) is 0 Å². The molecule has 0 aromatic rings. The van der Waals surface area contributed by atoms with Crippen molar-refractivity contribution in [1.29, 1.82) is 10.5 Å². The second-order valence-electron chi connectivity index (χ2n) is 11.2. The Labute approximate surface area is 315 Å². The Balaban J connectivity index is 0. The van der Waals surface area contributed by atoms with Crippen LogP contribution in [0.15, 0.2) is 0 Å². The van der Waals surface area contributed by atoms with E-state index >= 15 is 0 Å². The van der Waals surface area contributed by atoms with Crippen molar-refractivity contribution in [2.45, 2.75) is 25.7 Å². The monoisotopic (exact) mass is 772 g/mol. The average molecular weight is 773 g/mol. The zero-order valence-electron chi connectivity index (χ0n) is 30.5. The summed E-state index contributed by atoms with van der Waals surface area (Å²) in [6.07, 6.45) is 0.168. The average Bonchev–Trinajstić information content (AvgIpc) is 3.15. The second-order valence-corrected chi connectivity index (χ2v) is 11.2. The van der Waals surface area contributed by atoms with E-state index < -0.39 is 22.8 Å². The number of hydrogen-bond donors (Lipinski definition) is 2. The Bertz CT molecular complexity index is 1010. The summed E-state index contributed by atoms with van der Waals surface area (Å²) in [6, 6.07) is 4.02. The van der Waals surface area contributed by atoms with Gasteiger partial charge >= 0.3 is 11.9 Å². The van der Waals surface area contributed by atoms with Gasteiger partial charge in [0, 0.05) is 0 Å². The molecule has 0 radical (unpaired) electrons. The highest BCUT2D eigenvalue weighted by Gasteiger charge is 2.34. The van der Waals surface area contributed by atoms with Crippen molar-refractivity contribution in [3.8, 4) is 12.1 Å². The number of carboxylic acid groups (broad SMARTS) is 2. The highest BCUT2D eigenvalue weighted by molar-refractivity contribution is 5.67. The summed E-state index contributed by atoms with van der Waals surface area (Å²) in [6.45, 7) is 17.2. The van der Waals surface area contributed by atoms with Gasteiger partial charge in [-0.2, -0.15) is 10.5 Å². The quantitative estimate of drug-likeness (QED) is 0.0505. The molecular weight excluding hydrogens is 720 g/mol. The van der Waals surface area contributed by atoms with Gasteiger partial charge in [0.2, 0.25) is 13.1 Å². The van der Waals surface area contributed by atoms with E-state index in [0.29, 0.717) is 26.4 Å². The molecule has 0 fully saturated rings. The van der Waals surface area contributed by atoms with Gasteiger partial charge in [-0.1, -0.05) is 0 Å². The summed E-state index contributed by atoms with van der Waals surface area (Å²) in [5.41, 5.74) is -1.51. The molecule has 20 nitrogen and oxygen atoms in total. The fourth-order valence-electron chi connectivity index (χ4n) is 3.89. The second kappa shape index (κ2) is 38.3. The van der Waals surface area contributed by atoms with Gasteiger partial charge in [0.15, 0.2) is 0 Å². The van der Waals surface area contributed by atoms with E-state index in [2.05, 4.69) is 19.2 Å². The molecule has 20 heteroatoms. The molecule has 0 bridgehead atoms. The largest absolute Gasteiger partial charge is 0.481 e. The molecule has 0 atom stereocenters. The van der Waals surface area contributed by atoms with Crippen molar-refractivity contribution in [2.24, 2.45) is 10.8 Å². The normalized spacial score (nSPS) is 10.7. The lowest BCUT2D eigenvalue weighted by molar-refractivity contribution is -0.144. The van der Waals surface area contributed by atoms with E-state index in [0.717, 1.165) is 0 Å². The fourth-order valence-corrected chi connectivity index (χ4v) is 3.89. The number of carbonyl (C=O) groups excluding carboxylic acids is 2. The summed E-state index contributed by atoms with van der Waals surface area (Å²) in [7, 11) is 0. The molecule has 0 heterocycles. The number of nitrogens with zero attached hydrogens (tertiary/aromatic N) is 4. The van der Waals surface area contributed by atoms with Crippen LogP contribution in [0, 0.1) is 46.6 Å². The summed E-state index contributed by atoms with van der Waals surface area (Å²) < 4.78 is 53.2. The van der Waals surface area contributed by atoms with Gasteiger partial charge in [-0.05, 0) is 0 Å². The van der Waals surface area contributed by atoms with Crippen molar-refractivity contribution in [3.63, 3.8) is 0 Å². The number of hydrogen-bond acceptors (Lipinski definition) is 16. The predicted octanol–water partition coefficient (Wildman–Crippen LogP) is 1.04. The number of nitriles is 2. The van der Waals surface area contributed by atoms with Crippen LogP contribution in [-0.4, -0.2) is 167 Å². The van der Waals surface area contributed by atoms with E-state index in [1.165, 1.54) is 0 Å². The first-order valence-corrected chi connectivity index (χ1v) is 16.8. The maximum absolute atomic E-state index is 10.6. The maximum Gasteiger partial charge on any atom is 0.305 e. The standard InChI is InChI=1S/C17H24N4O4.C17H28O12/c1-20-7-11-24-15-17(13-22-9-3-5-18,14-23-10-4-6-19)16-25-12-8-21-2;18-13-28-7-5-26-11-17(9-24-3-1-15(20)21,10-25-4-2-16(22)23)12-27-6-8-29-14-19/h3-4,7-16H2;13-14H,1-12H2,(H,20,21)(H,22,23). The maximum atomic E-state index is 10.6. The first-order valence-electron chi connectivity index (χ1n) is 16.8. The van der Waals surface area contributed by atoms with Crippen molar-refractivity contribution in [2.75, 3.05) is 132 Å². The molecule has 0 spiro atoms. The molecule has 0 aliphatic rings. The highest BCUT2D eigenvalue weighted by Crippen LogP contribution is 2.22. The van der Waals surface area contributed by atoms with Crippen LogP contribution in [0.1, 0.15) is 25.7 Å². The van der Waals surface area contributed by atoms with Crippen LogP contribution in [-0.2, 0) is 66.5 Å². The lowest BCUT2D eigenvalue weighted by Crippen LogP contribution is -2.42. The minimum absolute atomic E-state index is 0.0103. The molecule has 0 aliphatic carbocycles. The Morgan fingerprint density at radius 3 is 1.09 bits per heavy atom. The third-order valence-corrected chi connectivity index (χ3v) is 6.42. The Morgan fingerprint density at radius 1 is 0.519 bits per heavy atom. The molecule has 0 aromatic heterocycles. The van der Waals surface area contributed by atoms with Crippen LogP contribution >= 0.6 is 0 Å². The predicted molar refractivity (Wildman–Crippen MR) is 183 cm³/mol. The molecule has 0 aliphatic heterocycles.